The van der Waals surface area contributed by atoms with Crippen LogP contribution in [0.2, 0.25) is 0 Å². The van der Waals surface area contributed by atoms with E-state index < -0.39 is 23.0 Å². The molecule has 2 rings (SSSR count). The molecule has 2 aromatic carbocycles. The van der Waals surface area contributed by atoms with Gasteiger partial charge in [0.2, 0.25) is 0 Å². The second-order valence-electron chi connectivity index (χ2n) is 5.04. The van der Waals surface area contributed by atoms with Gasteiger partial charge < -0.3 is 9.84 Å². The minimum atomic E-state index is -0.984. The van der Waals surface area contributed by atoms with E-state index in [0.29, 0.717) is 5.56 Å². The van der Waals surface area contributed by atoms with Crippen molar-refractivity contribution in [1.29, 1.82) is 0 Å². The number of nitrogens with zero attached hydrogens (tertiary/aromatic N) is 1. The van der Waals surface area contributed by atoms with Gasteiger partial charge in [-0.15, -0.1) is 0 Å². The van der Waals surface area contributed by atoms with Crippen LogP contribution in [0.4, 0.5) is 5.69 Å². The van der Waals surface area contributed by atoms with E-state index in [9.17, 15) is 19.7 Å². The van der Waals surface area contributed by atoms with E-state index in [2.05, 4.69) is 0 Å². The lowest BCUT2D eigenvalue weighted by atomic mass is 10.0. The molecule has 0 spiro atoms. The lowest BCUT2D eigenvalue weighted by molar-refractivity contribution is -0.384. The summed E-state index contributed by atoms with van der Waals surface area (Å²) >= 11 is 0. The van der Waals surface area contributed by atoms with Crippen LogP contribution in [0.3, 0.4) is 0 Å². The van der Waals surface area contributed by atoms with Crippen LogP contribution < -0.4 is 0 Å². The number of benzene rings is 2. The highest BCUT2D eigenvalue weighted by molar-refractivity contribution is 5.89. The first-order valence-electron chi connectivity index (χ1n) is 7.19. The van der Waals surface area contributed by atoms with E-state index in [0.717, 1.165) is 0 Å². The van der Waals surface area contributed by atoms with Gasteiger partial charge in [0.25, 0.3) is 5.69 Å². The number of nitro groups is 1. The molecular weight excluding hydrogens is 314 g/mol. The van der Waals surface area contributed by atoms with Crippen molar-refractivity contribution in [3.05, 3.63) is 75.8 Å². The summed E-state index contributed by atoms with van der Waals surface area (Å²) < 4.78 is 5.40. The standard InChI is InChI=1S/C17H15NO6/c19-16(20)11-10-15(12-4-2-1-3-5-12)24-17(21)13-6-8-14(9-7-13)18(22)23/h1-9,15H,10-11H2,(H,19,20)/t15-/m1/s1. The maximum Gasteiger partial charge on any atom is 0.338 e. The Balaban J connectivity index is 2.14. The molecule has 0 heterocycles. The summed E-state index contributed by atoms with van der Waals surface area (Å²) in [6.07, 6.45) is -0.712. The highest BCUT2D eigenvalue weighted by Gasteiger charge is 2.19. The number of esters is 1. The first-order valence-corrected chi connectivity index (χ1v) is 7.19. The minimum Gasteiger partial charge on any atom is -0.481 e. The monoisotopic (exact) mass is 329 g/mol. The van der Waals surface area contributed by atoms with Crippen LogP contribution in [-0.4, -0.2) is 22.0 Å². The molecule has 2 aromatic rings. The highest BCUT2D eigenvalue weighted by Crippen LogP contribution is 2.24. The number of carbonyl (C=O) groups excluding carboxylic acids is 1. The first kappa shape index (κ1) is 17.1. The van der Waals surface area contributed by atoms with Crippen LogP contribution in [0.1, 0.15) is 34.9 Å². The number of ether oxygens (including phenoxy) is 1. The van der Waals surface area contributed by atoms with E-state index in [-0.39, 0.29) is 24.1 Å². The summed E-state index contributed by atoms with van der Waals surface area (Å²) in [7, 11) is 0. The zero-order valence-electron chi connectivity index (χ0n) is 12.6. The van der Waals surface area contributed by atoms with Crippen molar-refractivity contribution in [2.24, 2.45) is 0 Å². The van der Waals surface area contributed by atoms with Crippen molar-refractivity contribution in [2.75, 3.05) is 0 Å². The first-order chi connectivity index (χ1) is 11.5. The van der Waals surface area contributed by atoms with Gasteiger partial charge in [-0.1, -0.05) is 30.3 Å². The molecular formula is C17H15NO6. The number of aliphatic carboxylic acids is 1. The Labute approximate surface area is 137 Å². The molecule has 7 heteroatoms. The minimum absolute atomic E-state index is 0.128. The second-order valence-corrected chi connectivity index (χ2v) is 5.04. The molecule has 0 saturated heterocycles. The predicted octanol–water partition coefficient (Wildman–Crippen LogP) is 3.36. The normalized spacial score (nSPS) is 11.5. The summed E-state index contributed by atoms with van der Waals surface area (Å²) in [4.78, 5) is 33.1. The number of hydrogen-bond donors (Lipinski definition) is 1. The Kier molecular flexibility index (Phi) is 5.62. The third-order valence-electron chi connectivity index (χ3n) is 3.35. The van der Waals surface area contributed by atoms with Gasteiger partial charge in [0.1, 0.15) is 6.10 Å². The van der Waals surface area contributed by atoms with Crippen molar-refractivity contribution in [3.8, 4) is 0 Å². The number of rotatable bonds is 7. The summed E-state index contributed by atoms with van der Waals surface area (Å²) in [6, 6.07) is 13.9. The van der Waals surface area contributed by atoms with Gasteiger partial charge >= 0.3 is 11.9 Å². The van der Waals surface area contributed by atoms with Gasteiger partial charge in [-0.3, -0.25) is 14.9 Å². The van der Waals surface area contributed by atoms with Crippen LogP contribution >= 0.6 is 0 Å². The number of hydrogen-bond acceptors (Lipinski definition) is 5. The third kappa shape index (κ3) is 4.64. The van der Waals surface area contributed by atoms with Crippen LogP contribution in [-0.2, 0) is 9.53 Å². The molecule has 0 radical (unpaired) electrons. The maximum atomic E-state index is 12.2. The third-order valence-corrected chi connectivity index (χ3v) is 3.35. The smallest absolute Gasteiger partial charge is 0.338 e. The molecule has 0 fully saturated rings. The van der Waals surface area contributed by atoms with Crippen molar-refractivity contribution in [3.63, 3.8) is 0 Å². The molecule has 7 nitrogen and oxygen atoms in total. The number of carboxylic acid groups (broad SMARTS) is 1. The van der Waals surface area contributed by atoms with E-state index >= 15 is 0 Å². The van der Waals surface area contributed by atoms with Gasteiger partial charge in [-0.25, -0.2) is 4.79 Å². The molecule has 0 aliphatic rings. The molecule has 0 bridgehead atoms. The molecule has 0 amide bonds. The molecule has 24 heavy (non-hydrogen) atoms. The molecule has 0 aromatic heterocycles. The fourth-order valence-electron chi connectivity index (χ4n) is 2.13. The van der Waals surface area contributed by atoms with Gasteiger partial charge in [-0.05, 0) is 24.1 Å². The summed E-state index contributed by atoms with van der Waals surface area (Å²) in [6.45, 7) is 0. The lowest BCUT2D eigenvalue weighted by Gasteiger charge is -2.17. The summed E-state index contributed by atoms with van der Waals surface area (Å²) in [5.41, 5.74) is 0.725. The fraction of sp³-hybridized carbons (Fsp3) is 0.176. The van der Waals surface area contributed by atoms with Gasteiger partial charge in [0.15, 0.2) is 0 Å². The average Bonchev–Trinajstić information content (AvgIpc) is 2.59. The number of carboxylic acids is 1. The number of non-ortho nitro benzene ring substituents is 1. The van der Waals surface area contributed by atoms with Crippen molar-refractivity contribution < 1.29 is 24.4 Å². The van der Waals surface area contributed by atoms with E-state index in [1.54, 1.807) is 30.3 Å². The molecule has 0 aliphatic carbocycles. The Morgan fingerprint density at radius 3 is 2.25 bits per heavy atom. The van der Waals surface area contributed by atoms with Crippen LogP contribution in [0.25, 0.3) is 0 Å². The maximum absolute atomic E-state index is 12.2. The van der Waals surface area contributed by atoms with Gasteiger partial charge in [0, 0.05) is 18.6 Å². The van der Waals surface area contributed by atoms with Gasteiger partial charge in [-0.2, -0.15) is 0 Å². The Hall–Kier alpha value is -3.22. The number of carbonyl (C=O) groups is 2. The molecule has 0 unspecified atom stereocenters. The Bertz CT molecular complexity index is 727. The SMILES string of the molecule is O=C(O)CC[C@@H](OC(=O)c1ccc([N+](=O)[O-])cc1)c1ccccc1. The van der Waals surface area contributed by atoms with Crippen LogP contribution in [0, 0.1) is 10.1 Å². The number of nitro benzene ring substituents is 1. The molecule has 1 atom stereocenters. The Morgan fingerprint density at radius 1 is 1.08 bits per heavy atom. The zero-order chi connectivity index (χ0) is 17.5. The molecule has 0 saturated carbocycles. The fourth-order valence-corrected chi connectivity index (χ4v) is 2.13. The zero-order valence-corrected chi connectivity index (χ0v) is 12.6. The van der Waals surface area contributed by atoms with Crippen LogP contribution in [0.15, 0.2) is 54.6 Å². The van der Waals surface area contributed by atoms with E-state index in [4.69, 9.17) is 9.84 Å². The van der Waals surface area contributed by atoms with Crippen molar-refractivity contribution in [2.45, 2.75) is 18.9 Å². The largest absolute Gasteiger partial charge is 0.481 e. The van der Waals surface area contributed by atoms with Crippen molar-refractivity contribution in [1.82, 2.24) is 0 Å². The predicted molar refractivity (Wildman–Crippen MR) is 84.6 cm³/mol. The van der Waals surface area contributed by atoms with Crippen molar-refractivity contribution >= 4 is 17.6 Å². The molecule has 1 N–H and O–H groups in total. The molecule has 124 valence electrons. The van der Waals surface area contributed by atoms with E-state index in [1.165, 1.54) is 24.3 Å². The summed E-state index contributed by atoms with van der Waals surface area (Å²) in [5, 5.41) is 19.5. The highest BCUT2D eigenvalue weighted by atomic mass is 16.6. The Morgan fingerprint density at radius 2 is 1.71 bits per heavy atom. The average molecular weight is 329 g/mol. The summed E-state index contributed by atoms with van der Waals surface area (Å²) in [5.74, 6) is -1.65. The molecule has 0 aliphatic heterocycles. The van der Waals surface area contributed by atoms with Crippen LogP contribution in [0.5, 0.6) is 0 Å². The quantitative estimate of drug-likeness (QED) is 0.474. The van der Waals surface area contributed by atoms with Gasteiger partial charge in [0.05, 0.1) is 10.5 Å². The lowest BCUT2D eigenvalue weighted by Crippen LogP contribution is -2.13. The topological polar surface area (TPSA) is 107 Å². The second kappa shape index (κ2) is 7.87. The van der Waals surface area contributed by atoms with E-state index in [1.807, 2.05) is 0 Å².